The van der Waals surface area contributed by atoms with Gasteiger partial charge in [-0.05, 0) is 48.2 Å². The summed E-state index contributed by atoms with van der Waals surface area (Å²) in [6.07, 6.45) is 5.00. The van der Waals surface area contributed by atoms with Crippen molar-refractivity contribution >= 4 is 51.5 Å². The summed E-state index contributed by atoms with van der Waals surface area (Å²) in [5.74, 6) is -0.173. The molecule has 0 spiro atoms. The Morgan fingerprint density at radius 1 is 1.32 bits per heavy atom. The van der Waals surface area contributed by atoms with Crippen molar-refractivity contribution in [3.05, 3.63) is 63.4 Å². The fourth-order valence-electron chi connectivity index (χ4n) is 2.16. The molecule has 0 saturated carbocycles. The second kappa shape index (κ2) is 6.30. The zero-order chi connectivity index (χ0) is 15.5. The molecule has 5 heteroatoms. The largest absolute Gasteiger partial charge is 0.322 e. The van der Waals surface area contributed by atoms with E-state index in [9.17, 15) is 4.79 Å². The van der Waals surface area contributed by atoms with Crippen LogP contribution in [0, 0.1) is 6.92 Å². The molecule has 0 unspecified atom stereocenters. The van der Waals surface area contributed by atoms with Gasteiger partial charge < -0.3 is 5.32 Å². The minimum Gasteiger partial charge on any atom is -0.322 e. The van der Waals surface area contributed by atoms with Crippen LogP contribution in [0.5, 0.6) is 0 Å². The lowest BCUT2D eigenvalue weighted by Crippen LogP contribution is -2.08. The number of aryl methyl sites for hydroxylation is 1. The van der Waals surface area contributed by atoms with Crippen LogP contribution in [0.2, 0.25) is 5.02 Å². The number of halogens is 1. The minimum atomic E-state index is -0.173. The van der Waals surface area contributed by atoms with Crippen LogP contribution in [-0.2, 0) is 4.79 Å². The summed E-state index contributed by atoms with van der Waals surface area (Å²) < 4.78 is 0. The number of nitrogens with zero attached hydrogens (tertiary/aromatic N) is 1. The molecule has 1 N–H and O–H groups in total. The third kappa shape index (κ3) is 3.03. The van der Waals surface area contributed by atoms with Gasteiger partial charge in [-0.1, -0.05) is 17.7 Å². The number of anilines is 1. The Labute approximate surface area is 137 Å². The first-order valence-electron chi connectivity index (χ1n) is 6.71. The lowest BCUT2D eigenvalue weighted by Gasteiger charge is -2.09. The summed E-state index contributed by atoms with van der Waals surface area (Å²) in [6.45, 7) is 1.92. The van der Waals surface area contributed by atoms with E-state index in [-0.39, 0.29) is 5.91 Å². The van der Waals surface area contributed by atoms with Crippen LogP contribution in [0.1, 0.15) is 10.4 Å². The van der Waals surface area contributed by atoms with Crippen LogP contribution in [0.4, 0.5) is 5.69 Å². The number of aromatic nitrogens is 1. The van der Waals surface area contributed by atoms with Gasteiger partial charge in [-0.15, -0.1) is 11.3 Å². The fourth-order valence-corrected chi connectivity index (χ4v) is 2.93. The maximum absolute atomic E-state index is 12.1. The van der Waals surface area contributed by atoms with Crippen LogP contribution in [0.3, 0.4) is 0 Å². The predicted molar refractivity (Wildman–Crippen MR) is 93.5 cm³/mol. The van der Waals surface area contributed by atoms with E-state index in [0.717, 1.165) is 27.0 Å². The highest BCUT2D eigenvalue weighted by molar-refractivity contribution is 7.10. The highest BCUT2D eigenvalue weighted by Crippen LogP contribution is 2.28. The number of rotatable bonds is 3. The summed E-state index contributed by atoms with van der Waals surface area (Å²) >= 11 is 7.70. The highest BCUT2D eigenvalue weighted by Gasteiger charge is 2.08. The second-order valence-corrected chi connectivity index (χ2v) is 6.15. The van der Waals surface area contributed by atoms with Gasteiger partial charge in [0.25, 0.3) is 0 Å². The Bertz CT molecular complexity index is 856. The number of fused-ring (bicyclic) bond motifs is 1. The second-order valence-electron chi connectivity index (χ2n) is 4.77. The summed E-state index contributed by atoms with van der Waals surface area (Å²) in [4.78, 5) is 17.4. The molecule has 0 aliphatic carbocycles. The SMILES string of the molecule is Cc1c(Cl)ccc2c(NC(=O)/C=C/c3cccs3)ccnc12. The molecule has 0 fully saturated rings. The molecule has 0 atom stereocenters. The van der Waals surface area contributed by atoms with Gasteiger partial charge in [0, 0.05) is 27.6 Å². The molecular formula is C17H13ClN2OS. The van der Waals surface area contributed by atoms with Gasteiger partial charge in [0.2, 0.25) is 5.91 Å². The average molecular weight is 329 g/mol. The Morgan fingerprint density at radius 3 is 2.95 bits per heavy atom. The zero-order valence-corrected chi connectivity index (χ0v) is 13.4. The predicted octanol–water partition coefficient (Wildman–Crippen LogP) is 4.91. The topological polar surface area (TPSA) is 42.0 Å². The van der Waals surface area contributed by atoms with Crippen LogP contribution < -0.4 is 5.32 Å². The molecule has 0 saturated heterocycles. The van der Waals surface area contributed by atoms with E-state index in [1.165, 1.54) is 6.08 Å². The summed E-state index contributed by atoms with van der Waals surface area (Å²) in [5, 5.41) is 6.41. The molecule has 1 amide bonds. The van der Waals surface area contributed by atoms with E-state index in [0.29, 0.717) is 5.02 Å². The molecule has 3 rings (SSSR count). The summed E-state index contributed by atoms with van der Waals surface area (Å²) in [6, 6.07) is 9.38. The Kier molecular flexibility index (Phi) is 4.22. The Hall–Kier alpha value is -2.17. The van der Waals surface area contributed by atoms with Gasteiger partial charge in [-0.3, -0.25) is 9.78 Å². The van der Waals surface area contributed by atoms with Gasteiger partial charge in [0.1, 0.15) is 0 Å². The molecule has 0 aliphatic heterocycles. The highest BCUT2D eigenvalue weighted by atomic mass is 35.5. The van der Waals surface area contributed by atoms with Crippen LogP contribution in [-0.4, -0.2) is 10.9 Å². The van der Waals surface area contributed by atoms with Crippen LogP contribution >= 0.6 is 22.9 Å². The number of hydrogen-bond acceptors (Lipinski definition) is 3. The van der Waals surface area contributed by atoms with Crippen LogP contribution in [0.25, 0.3) is 17.0 Å². The maximum Gasteiger partial charge on any atom is 0.248 e. The maximum atomic E-state index is 12.1. The molecule has 2 heterocycles. The number of hydrogen-bond donors (Lipinski definition) is 1. The quantitative estimate of drug-likeness (QED) is 0.694. The van der Waals surface area contributed by atoms with E-state index in [4.69, 9.17) is 11.6 Å². The van der Waals surface area contributed by atoms with E-state index in [1.54, 1.807) is 29.7 Å². The molecule has 2 aromatic heterocycles. The van der Waals surface area contributed by atoms with Crippen molar-refractivity contribution in [2.45, 2.75) is 6.92 Å². The van der Waals surface area contributed by atoms with Crippen molar-refractivity contribution in [3.8, 4) is 0 Å². The first-order chi connectivity index (χ1) is 10.6. The van der Waals surface area contributed by atoms with Crippen molar-refractivity contribution in [1.82, 2.24) is 4.98 Å². The molecule has 22 heavy (non-hydrogen) atoms. The Morgan fingerprint density at radius 2 is 2.18 bits per heavy atom. The third-order valence-corrected chi connectivity index (χ3v) is 4.55. The smallest absolute Gasteiger partial charge is 0.248 e. The molecule has 3 nitrogen and oxygen atoms in total. The number of benzene rings is 1. The average Bonchev–Trinajstić information content (AvgIpc) is 3.03. The first kappa shape index (κ1) is 14.8. The summed E-state index contributed by atoms with van der Waals surface area (Å²) in [7, 11) is 0. The number of amides is 1. The van der Waals surface area contributed by atoms with E-state index in [2.05, 4.69) is 10.3 Å². The monoisotopic (exact) mass is 328 g/mol. The number of thiophene rings is 1. The van der Waals surface area contributed by atoms with Crippen molar-refractivity contribution in [2.24, 2.45) is 0 Å². The van der Waals surface area contributed by atoms with E-state index < -0.39 is 0 Å². The Balaban J connectivity index is 1.88. The van der Waals surface area contributed by atoms with Crippen molar-refractivity contribution in [1.29, 1.82) is 0 Å². The molecule has 3 aromatic rings. The molecule has 110 valence electrons. The van der Waals surface area contributed by atoms with Gasteiger partial charge in [0.15, 0.2) is 0 Å². The van der Waals surface area contributed by atoms with E-state index >= 15 is 0 Å². The van der Waals surface area contributed by atoms with Gasteiger partial charge in [-0.25, -0.2) is 0 Å². The molecule has 0 radical (unpaired) electrons. The van der Waals surface area contributed by atoms with Gasteiger partial charge >= 0.3 is 0 Å². The fraction of sp³-hybridized carbons (Fsp3) is 0.0588. The minimum absolute atomic E-state index is 0.173. The van der Waals surface area contributed by atoms with Crippen molar-refractivity contribution in [3.63, 3.8) is 0 Å². The molecule has 1 aromatic carbocycles. The number of carbonyl (C=O) groups is 1. The lowest BCUT2D eigenvalue weighted by molar-refractivity contribution is -0.111. The zero-order valence-electron chi connectivity index (χ0n) is 11.8. The molecule has 0 aliphatic rings. The van der Waals surface area contributed by atoms with Gasteiger partial charge in [0.05, 0.1) is 11.2 Å². The van der Waals surface area contributed by atoms with Gasteiger partial charge in [-0.2, -0.15) is 0 Å². The normalized spacial score (nSPS) is 11.2. The number of carbonyl (C=O) groups excluding carboxylic acids is 1. The molecule has 0 bridgehead atoms. The van der Waals surface area contributed by atoms with E-state index in [1.807, 2.05) is 36.6 Å². The third-order valence-electron chi connectivity index (χ3n) is 3.30. The first-order valence-corrected chi connectivity index (χ1v) is 7.97. The lowest BCUT2D eigenvalue weighted by atomic mass is 10.1. The number of pyridine rings is 1. The standard InChI is InChI=1S/C17H13ClN2OS/c1-11-14(18)6-5-13-15(8-9-19-17(11)13)20-16(21)7-4-12-3-2-10-22-12/h2-10H,1H3,(H,19,20,21)/b7-4+. The van der Waals surface area contributed by atoms with Crippen LogP contribution in [0.15, 0.2) is 48.0 Å². The summed E-state index contributed by atoms with van der Waals surface area (Å²) in [5.41, 5.74) is 2.43. The molecular weight excluding hydrogens is 316 g/mol. The van der Waals surface area contributed by atoms with Crippen molar-refractivity contribution < 1.29 is 4.79 Å². The van der Waals surface area contributed by atoms with Crippen molar-refractivity contribution in [2.75, 3.05) is 5.32 Å². The number of nitrogens with one attached hydrogen (secondary N) is 1.